The second kappa shape index (κ2) is 7.09. The first-order valence-electron chi connectivity index (χ1n) is 8.35. The van der Waals surface area contributed by atoms with Crippen molar-refractivity contribution in [2.75, 3.05) is 26.2 Å². The molecule has 1 amide bonds. The van der Waals surface area contributed by atoms with Crippen molar-refractivity contribution in [3.63, 3.8) is 0 Å². The summed E-state index contributed by atoms with van der Waals surface area (Å²) in [5, 5.41) is 4.23. The predicted molar refractivity (Wildman–Crippen MR) is 86.2 cm³/mol. The third kappa shape index (κ3) is 3.97. The fraction of sp³-hybridized carbons (Fsp3) is 0.647. The molecular weight excluding hydrogens is 276 g/mol. The molecule has 0 saturated carbocycles. The molecule has 0 unspecified atom stereocenters. The van der Waals surface area contributed by atoms with Gasteiger partial charge in [-0.15, -0.1) is 0 Å². The molecule has 0 spiro atoms. The zero-order valence-electron chi connectivity index (χ0n) is 13.4. The van der Waals surface area contributed by atoms with Crippen molar-refractivity contribution >= 4 is 5.91 Å². The van der Waals surface area contributed by atoms with Crippen LogP contribution in [0.1, 0.15) is 31.2 Å². The van der Waals surface area contributed by atoms with Crippen molar-refractivity contribution in [2.45, 2.75) is 32.2 Å². The molecule has 1 aliphatic carbocycles. The minimum Gasteiger partial charge on any atom is -0.341 e. The molecule has 2 heterocycles. The minimum atomic E-state index is 0.333. The largest absolute Gasteiger partial charge is 0.341 e. The summed E-state index contributed by atoms with van der Waals surface area (Å²) in [7, 11) is 1.95. The Morgan fingerprint density at radius 3 is 2.95 bits per heavy atom. The van der Waals surface area contributed by atoms with Crippen LogP contribution in [0.3, 0.4) is 0 Å². The first kappa shape index (κ1) is 15.3. The lowest BCUT2D eigenvalue weighted by molar-refractivity contribution is -0.131. The zero-order chi connectivity index (χ0) is 15.4. The van der Waals surface area contributed by atoms with Crippen LogP contribution in [0.15, 0.2) is 24.5 Å². The quantitative estimate of drug-likeness (QED) is 0.797. The molecule has 1 aromatic heterocycles. The van der Waals surface area contributed by atoms with E-state index in [0.29, 0.717) is 18.2 Å². The zero-order valence-corrected chi connectivity index (χ0v) is 13.4. The van der Waals surface area contributed by atoms with Gasteiger partial charge in [-0.25, -0.2) is 0 Å². The number of rotatable bonds is 4. The van der Waals surface area contributed by atoms with Crippen molar-refractivity contribution in [1.82, 2.24) is 19.6 Å². The molecule has 5 heteroatoms. The number of amides is 1. The summed E-state index contributed by atoms with van der Waals surface area (Å²) in [6.45, 7) is 4.71. The Kier molecular flexibility index (Phi) is 4.93. The van der Waals surface area contributed by atoms with Crippen LogP contribution in [0.5, 0.6) is 0 Å². The highest BCUT2D eigenvalue weighted by Crippen LogP contribution is 2.21. The Morgan fingerprint density at radius 2 is 2.23 bits per heavy atom. The van der Waals surface area contributed by atoms with E-state index in [1.54, 1.807) is 0 Å². The molecule has 0 aromatic carbocycles. The van der Waals surface area contributed by atoms with E-state index in [9.17, 15) is 4.79 Å². The van der Waals surface area contributed by atoms with Crippen LogP contribution in [0.25, 0.3) is 0 Å². The molecule has 120 valence electrons. The van der Waals surface area contributed by atoms with Gasteiger partial charge in [-0.3, -0.25) is 14.4 Å². The standard InChI is InChI=1S/C17H26N4O/c1-19-13-16(12-18-19)14-20-7-4-8-21(10-9-20)17(22)11-15-5-2-3-6-15/h2,5,12-13,15H,3-4,6-11,14H2,1H3/t15-/m1/s1. The number of aromatic nitrogens is 2. The van der Waals surface area contributed by atoms with Crippen molar-refractivity contribution in [3.8, 4) is 0 Å². The topological polar surface area (TPSA) is 41.4 Å². The number of hydrogen-bond donors (Lipinski definition) is 0. The van der Waals surface area contributed by atoms with E-state index < -0.39 is 0 Å². The van der Waals surface area contributed by atoms with Crippen LogP contribution < -0.4 is 0 Å². The smallest absolute Gasteiger partial charge is 0.223 e. The molecule has 1 aliphatic heterocycles. The first-order valence-corrected chi connectivity index (χ1v) is 8.35. The van der Waals surface area contributed by atoms with Crippen molar-refractivity contribution in [2.24, 2.45) is 13.0 Å². The number of nitrogens with zero attached hydrogens (tertiary/aromatic N) is 4. The van der Waals surface area contributed by atoms with Crippen LogP contribution in [0, 0.1) is 5.92 Å². The molecule has 2 aliphatic rings. The third-order valence-corrected chi connectivity index (χ3v) is 4.65. The second-order valence-corrected chi connectivity index (χ2v) is 6.50. The maximum absolute atomic E-state index is 12.4. The van der Waals surface area contributed by atoms with E-state index in [4.69, 9.17) is 0 Å². The molecule has 1 fully saturated rings. The van der Waals surface area contributed by atoms with Crippen molar-refractivity contribution < 1.29 is 4.79 Å². The molecule has 1 atom stereocenters. The molecule has 1 saturated heterocycles. The SMILES string of the molecule is Cn1cc(CN2CCCN(C(=O)C[C@@H]3C=CCC3)CC2)cn1. The van der Waals surface area contributed by atoms with Crippen molar-refractivity contribution in [1.29, 1.82) is 0 Å². The molecule has 0 radical (unpaired) electrons. The van der Waals surface area contributed by atoms with E-state index in [-0.39, 0.29) is 0 Å². The van der Waals surface area contributed by atoms with Crippen LogP contribution in [0.4, 0.5) is 0 Å². The van der Waals surface area contributed by atoms with Crippen LogP contribution >= 0.6 is 0 Å². The lowest BCUT2D eigenvalue weighted by Crippen LogP contribution is -2.35. The summed E-state index contributed by atoms with van der Waals surface area (Å²) in [6.07, 6.45) is 12.5. The van der Waals surface area contributed by atoms with Gasteiger partial charge in [0.2, 0.25) is 5.91 Å². The normalized spacial score (nSPS) is 23.0. The Bertz CT molecular complexity index is 537. The molecule has 0 bridgehead atoms. The Morgan fingerprint density at radius 1 is 1.32 bits per heavy atom. The summed E-state index contributed by atoms with van der Waals surface area (Å²) in [6, 6.07) is 0. The van der Waals surface area contributed by atoms with Gasteiger partial charge in [0.25, 0.3) is 0 Å². The average molecular weight is 302 g/mol. The number of hydrogen-bond acceptors (Lipinski definition) is 3. The fourth-order valence-electron chi connectivity index (χ4n) is 3.41. The molecule has 3 rings (SSSR count). The average Bonchev–Trinajstić information content (AvgIpc) is 3.07. The van der Waals surface area contributed by atoms with Crippen LogP contribution in [0.2, 0.25) is 0 Å². The molecular formula is C17H26N4O. The van der Waals surface area contributed by atoms with Gasteiger partial charge in [-0.05, 0) is 25.2 Å². The summed E-state index contributed by atoms with van der Waals surface area (Å²) < 4.78 is 1.85. The second-order valence-electron chi connectivity index (χ2n) is 6.50. The number of allylic oxidation sites excluding steroid dienone is 2. The summed E-state index contributed by atoms with van der Waals surface area (Å²) in [5.74, 6) is 0.807. The molecule has 5 nitrogen and oxygen atoms in total. The maximum atomic E-state index is 12.4. The Labute approximate surface area is 132 Å². The minimum absolute atomic E-state index is 0.333. The summed E-state index contributed by atoms with van der Waals surface area (Å²) >= 11 is 0. The van der Waals surface area contributed by atoms with Crippen LogP contribution in [-0.2, 0) is 18.4 Å². The van der Waals surface area contributed by atoms with E-state index in [0.717, 1.165) is 52.0 Å². The van der Waals surface area contributed by atoms with E-state index in [1.165, 1.54) is 5.56 Å². The van der Waals surface area contributed by atoms with Gasteiger partial charge in [0.15, 0.2) is 0 Å². The molecule has 1 aromatic rings. The van der Waals surface area contributed by atoms with Gasteiger partial charge in [0.05, 0.1) is 6.20 Å². The summed E-state index contributed by atoms with van der Waals surface area (Å²) in [4.78, 5) is 16.9. The van der Waals surface area contributed by atoms with Gasteiger partial charge in [-0.2, -0.15) is 5.10 Å². The highest BCUT2D eigenvalue weighted by atomic mass is 16.2. The summed E-state index contributed by atoms with van der Waals surface area (Å²) in [5.41, 5.74) is 1.25. The van der Waals surface area contributed by atoms with Gasteiger partial charge in [-0.1, -0.05) is 12.2 Å². The number of carbonyl (C=O) groups is 1. The lowest BCUT2D eigenvalue weighted by atomic mass is 10.0. The fourth-order valence-corrected chi connectivity index (χ4v) is 3.41. The molecule has 22 heavy (non-hydrogen) atoms. The van der Waals surface area contributed by atoms with E-state index in [2.05, 4.69) is 33.2 Å². The van der Waals surface area contributed by atoms with Crippen LogP contribution in [-0.4, -0.2) is 51.7 Å². The number of carbonyl (C=O) groups excluding carboxylic acids is 1. The third-order valence-electron chi connectivity index (χ3n) is 4.65. The van der Waals surface area contributed by atoms with Gasteiger partial charge < -0.3 is 4.90 Å². The van der Waals surface area contributed by atoms with Crippen molar-refractivity contribution in [3.05, 3.63) is 30.1 Å². The maximum Gasteiger partial charge on any atom is 0.223 e. The number of aryl methyl sites for hydroxylation is 1. The Balaban J connectivity index is 1.48. The van der Waals surface area contributed by atoms with Gasteiger partial charge in [0, 0.05) is 58.0 Å². The monoisotopic (exact) mass is 302 g/mol. The lowest BCUT2D eigenvalue weighted by Gasteiger charge is -2.22. The predicted octanol–water partition coefficient (Wildman–Crippen LogP) is 1.81. The van der Waals surface area contributed by atoms with E-state index in [1.807, 2.05) is 17.9 Å². The first-order chi connectivity index (χ1) is 10.7. The molecule has 0 N–H and O–H groups in total. The van der Waals surface area contributed by atoms with E-state index >= 15 is 0 Å². The Hall–Kier alpha value is -1.62. The van der Waals surface area contributed by atoms with Gasteiger partial charge in [0.1, 0.15) is 0 Å². The van der Waals surface area contributed by atoms with Gasteiger partial charge >= 0.3 is 0 Å². The highest BCUT2D eigenvalue weighted by molar-refractivity contribution is 5.76. The highest BCUT2D eigenvalue weighted by Gasteiger charge is 2.22.